The number of carbonyl (C=O) groups excluding carboxylic acids is 4. The van der Waals surface area contributed by atoms with Crippen LogP contribution in [0.15, 0.2) is 66.7 Å². The molecule has 176 valence electrons. The van der Waals surface area contributed by atoms with E-state index in [4.69, 9.17) is 14.2 Å². The molecule has 0 N–H and O–H groups in total. The second-order valence-corrected chi connectivity index (χ2v) is 9.45. The number of cyclic esters (lactones) is 4. The Hall–Kier alpha value is -5.04. The van der Waals surface area contributed by atoms with E-state index in [2.05, 4.69) is 0 Å². The maximum absolute atomic E-state index is 12.6. The predicted octanol–water partition coefficient (Wildman–Crippen LogP) is 4.66. The van der Waals surface area contributed by atoms with Crippen molar-refractivity contribution in [1.29, 1.82) is 0 Å². The van der Waals surface area contributed by atoms with Crippen molar-refractivity contribution < 1.29 is 33.4 Å². The van der Waals surface area contributed by atoms with Gasteiger partial charge in [0.25, 0.3) is 0 Å². The van der Waals surface area contributed by atoms with Crippen LogP contribution >= 0.6 is 0 Å². The summed E-state index contributed by atoms with van der Waals surface area (Å²) in [5.41, 5.74) is 6.50. The highest BCUT2D eigenvalue weighted by molar-refractivity contribution is 6.18. The largest absolute Gasteiger partial charge is 0.497 e. The highest BCUT2D eigenvalue weighted by Crippen LogP contribution is 2.64. The van der Waals surface area contributed by atoms with E-state index in [1.165, 1.54) is 0 Å². The Kier molecular flexibility index (Phi) is 3.48. The lowest BCUT2D eigenvalue weighted by atomic mass is 9.70. The van der Waals surface area contributed by atoms with Gasteiger partial charge in [-0.1, -0.05) is 30.3 Å². The molecule has 0 unspecified atom stereocenters. The van der Waals surface area contributed by atoms with Gasteiger partial charge in [-0.3, -0.25) is 0 Å². The summed E-state index contributed by atoms with van der Waals surface area (Å²) in [5.74, 6) is -2.18. The lowest BCUT2D eigenvalue weighted by Gasteiger charge is -2.31. The minimum Gasteiger partial charge on any atom is -0.497 e. The van der Waals surface area contributed by atoms with Gasteiger partial charge in [0.05, 0.1) is 34.8 Å². The van der Waals surface area contributed by atoms with Crippen molar-refractivity contribution in [2.45, 2.75) is 5.41 Å². The first kappa shape index (κ1) is 20.2. The van der Waals surface area contributed by atoms with Crippen LogP contribution in [0, 0.1) is 0 Å². The van der Waals surface area contributed by atoms with Crippen LogP contribution in [-0.4, -0.2) is 31.0 Å². The van der Waals surface area contributed by atoms with Crippen molar-refractivity contribution in [2.75, 3.05) is 7.11 Å². The molecular formula is C30H14O7. The average Bonchev–Trinajstić information content (AvgIpc) is 3.56. The van der Waals surface area contributed by atoms with Crippen LogP contribution in [0.25, 0.3) is 22.3 Å². The summed E-state index contributed by atoms with van der Waals surface area (Å²) in [6.07, 6.45) is 0. The third kappa shape index (κ3) is 2.19. The zero-order valence-electron chi connectivity index (χ0n) is 19.2. The predicted molar refractivity (Wildman–Crippen MR) is 129 cm³/mol. The highest BCUT2D eigenvalue weighted by atomic mass is 16.6. The molecule has 37 heavy (non-hydrogen) atoms. The van der Waals surface area contributed by atoms with Crippen molar-refractivity contribution in [3.63, 3.8) is 0 Å². The smallest absolute Gasteiger partial charge is 0.346 e. The molecule has 0 saturated heterocycles. The van der Waals surface area contributed by atoms with Gasteiger partial charge in [-0.15, -0.1) is 0 Å². The number of fused-ring (bicyclic) bond motifs is 12. The zero-order chi connectivity index (χ0) is 25.2. The Bertz CT molecular complexity index is 1760. The summed E-state index contributed by atoms with van der Waals surface area (Å²) in [7, 11) is 1.59. The van der Waals surface area contributed by atoms with E-state index in [-0.39, 0.29) is 22.3 Å². The van der Waals surface area contributed by atoms with Crippen molar-refractivity contribution in [1.82, 2.24) is 0 Å². The maximum atomic E-state index is 12.6. The van der Waals surface area contributed by atoms with Crippen LogP contribution < -0.4 is 4.74 Å². The van der Waals surface area contributed by atoms with E-state index in [1.54, 1.807) is 31.4 Å². The number of carbonyl (C=O) groups is 4. The zero-order valence-corrected chi connectivity index (χ0v) is 19.2. The molecule has 0 radical (unpaired) electrons. The molecule has 8 rings (SSSR count). The quantitative estimate of drug-likeness (QED) is 0.246. The van der Waals surface area contributed by atoms with Crippen LogP contribution in [0.2, 0.25) is 0 Å². The number of hydrogen-bond acceptors (Lipinski definition) is 7. The molecule has 4 aromatic rings. The number of ether oxygens (including phenoxy) is 3. The molecule has 4 aliphatic rings. The van der Waals surface area contributed by atoms with Gasteiger partial charge in [-0.25, -0.2) is 19.2 Å². The van der Waals surface area contributed by atoms with Crippen LogP contribution in [0.1, 0.15) is 63.7 Å². The van der Waals surface area contributed by atoms with Gasteiger partial charge in [-0.05, 0) is 80.9 Å². The lowest BCUT2D eigenvalue weighted by molar-refractivity contribution is 0.0425. The van der Waals surface area contributed by atoms with Crippen LogP contribution in [-0.2, 0) is 14.9 Å². The van der Waals surface area contributed by atoms with Crippen LogP contribution in [0.4, 0.5) is 0 Å². The maximum Gasteiger partial charge on any atom is 0.346 e. The van der Waals surface area contributed by atoms with Gasteiger partial charge in [-0.2, -0.15) is 0 Å². The van der Waals surface area contributed by atoms with Crippen LogP contribution in [0.3, 0.4) is 0 Å². The molecule has 2 aliphatic heterocycles. The molecule has 0 atom stereocenters. The van der Waals surface area contributed by atoms with Gasteiger partial charge < -0.3 is 14.2 Å². The highest BCUT2D eigenvalue weighted by Gasteiger charge is 2.54. The van der Waals surface area contributed by atoms with E-state index >= 15 is 0 Å². The fourth-order valence-electron chi connectivity index (χ4n) is 6.44. The first-order chi connectivity index (χ1) is 17.9. The topological polar surface area (TPSA) is 96.0 Å². The fourth-order valence-corrected chi connectivity index (χ4v) is 6.44. The number of esters is 4. The standard InChI is InChI=1S/C30H14O7/c1-35-13-6-7-15-14-4-2-3-5-22(14)30(23(15)8-13)24-11-20-18(26(31)36-28(20)33)9-16(24)17-10-19-21(12-25(17)30)29(34)37-27(19)32/h2-12H,1H3. The molecule has 0 aromatic heterocycles. The Morgan fingerprint density at radius 3 is 1.57 bits per heavy atom. The number of benzene rings is 4. The molecule has 7 nitrogen and oxygen atoms in total. The van der Waals surface area contributed by atoms with Gasteiger partial charge in [0, 0.05) is 0 Å². The third-order valence-electron chi connectivity index (χ3n) is 7.92. The molecule has 4 aromatic carbocycles. The van der Waals surface area contributed by atoms with E-state index in [9.17, 15) is 19.2 Å². The Morgan fingerprint density at radius 1 is 0.514 bits per heavy atom. The van der Waals surface area contributed by atoms with Gasteiger partial charge in [0.1, 0.15) is 5.75 Å². The molecule has 1 spiro atoms. The second kappa shape index (κ2) is 6.39. The van der Waals surface area contributed by atoms with Crippen LogP contribution in [0.5, 0.6) is 5.75 Å². The van der Waals surface area contributed by atoms with Crippen molar-refractivity contribution in [3.8, 4) is 28.0 Å². The van der Waals surface area contributed by atoms with Crippen molar-refractivity contribution in [3.05, 3.63) is 111 Å². The third-order valence-corrected chi connectivity index (χ3v) is 7.92. The normalized spacial score (nSPS) is 16.6. The number of hydrogen-bond donors (Lipinski definition) is 0. The SMILES string of the molecule is COc1ccc2c(c1)C1(c3ccccc3-2)c2cc3c(cc2-c2cc4c(cc21)C(=O)OC4=O)C(=O)OC3=O. The molecule has 0 saturated carbocycles. The summed E-state index contributed by atoms with van der Waals surface area (Å²) < 4.78 is 15.4. The molecular weight excluding hydrogens is 472 g/mol. The van der Waals surface area contributed by atoms with Crippen molar-refractivity contribution >= 4 is 23.9 Å². The lowest BCUT2D eigenvalue weighted by Crippen LogP contribution is -2.26. The summed E-state index contributed by atoms with van der Waals surface area (Å²) in [6.45, 7) is 0. The van der Waals surface area contributed by atoms with E-state index in [0.717, 1.165) is 33.4 Å². The second-order valence-electron chi connectivity index (χ2n) is 9.45. The summed E-state index contributed by atoms with van der Waals surface area (Å²) in [4.78, 5) is 50.2. The molecule has 0 amide bonds. The Labute approximate surface area is 209 Å². The monoisotopic (exact) mass is 486 g/mol. The van der Waals surface area contributed by atoms with Gasteiger partial charge in [0.15, 0.2) is 0 Å². The fraction of sp³-hybridized carbons (Fsp3) is 0.0667. The number of rotatable bonds is 1. The Balaban J connectivity index is 1.59. The summed E-state index contributed by atoms with van der Waals surface area (Å²) >= 11 is 0. The Morgan fingerprint density at radius 2 is 1.00 bits per heavy atom. The summed E-state index contributed by atoms with van der Waals surface area (Å²) in [6, 6.07) is 20.5. The van der Waals surface area contributed by atoms with E-state index in [0.29, 0.717) is 16.9 Å². The van der Waals surface area contributed by atoms with Crippen molar-refractivity contribution in [2.24, 2.45) is 0 Å². The minimum absolute atomic E-state index is 0.169. The molecule has 2 aliphatic carbocycles. The average molecular weight is 486 g/mol. The van der Waals surface area contributed by atoms with Gasteiger partial charge in [0.2, 0.25) is 0 Å². The first-order valence-corrected chi connectivity index (χ1v) is 11.6. The first-order valence-electron chi connectivity index (χ1n) is 11.6. The molecule has 7 heteroatoms. The minimum atomic E-state index is -0.937. The van der Waals surface area contributed by atoms with E-state index in [1.807, 2.05) is 42.5 Å². The van der Waals surface area contributed by atoms with E-state index < -0.39 is 29.3 Å². The van der Waals surface area contributed by atoms with Gasteiger partial charge >= 0.3 is 23.9 Å². The molecule has 0 bridgehead atoms. The molecule has 0 fully saturated rings. The number of methoxy groups -OCH3 is 1. The molecule has 2 heterocycles. The summed E-state index contributed by atoms with van der Waals surface area (Å²) in [5, 5.41) is 0.